The maximum Gasteiger partial charge on any atom is 0.405 e. The number of nitrogens with one attached hydrogen (secondary N) is 3. The number of amides is 2. The molecule has 0 aliphatic rings. The molecule has 0 atom stereocenters. The van der Waals surface area contributed by atoms with E-state index in [-0.39, 0.29) is 42.5 Å². The van der Waals surface area contributed by atoms with E-state index >= 15 is 0 Å². The molecule has 212 valence electrons. The van der Waals surface area contributed by atoms with Crippen LogP contribution >= 0.6 is 0 Å². The Hall–Kier alpha value is -4.46. The topological polar surface area (TPSA) is 123 Å². The van der Waals surface area contributed by atoms with Crippen LogP contribution in [0.4, 0.5) is 17.6 Å². The number of benzene rings is 2. The predicted molar refractivity (Wildman–Crippen MR) is 136 cm³/mol. The molecule has 2 heterocycles. The van der Waals surface area contributed by atoms with Gasteiger partial charge in [-0.3, -0.25) is 9.59 Å². The first kappa shape index (κ1) is 28.5. The molecule has 0 saturated carbocycles. The molecule has 0 radical (unpaired) electrons. The van der Waals surface area contributed by atoms with E-state index in [1.54, 1.807) is 5.32 Å². The fraction of sp³-hybridized carbons (Fsp3) is 0.308. The molecule has 3 N–H and O–H groups in total. The number of carbonyl (C=O) groups is 2. The smallest absolute Gasteiger partial charge is 0.405 e. The number of aromatic amines is 1. The molecule has 4 aromatic rings. The van der Waals surface area contributed by atoms with Gasteiger partial charge in [-0.15, -0.1) is 5.10 Å². The van der Waals surface area contributed by atoms with E-state index in [2.05, 4.69) is 20.6 Å². The number of alkyl halides is 4. The van der Waals surface area contributed by atoms with Crippen molar-refractivity contribution in [2.24, 2.45) is 0 Å². The van der Waals surface area contributed by atoms with Crippen LogP contribution in [0.15, 0.2) is 54.9 Å². The Morgan fingerprint density at radius 2 is 1.85 bits per heavy atom. The fourth-order valence-corrected chi connectivity index (χ4v) is 3.84. The highest BCUT2D eigenvalue weighted by Crippen LogP contribution is 2.25. The van der Waals surface area contributed by atoms with Crippen molar-refractivity contribution in [1.29, 1.82) is 0 Å². The summed E-state index contributed by atoms with van der Waals surface area (Å²) < 4.78 is 61.7. The van der Waals surface area contributed by atoms with Gasteiger partial charge in [0.15, 0.2) is 5.69 Å². The van der Waals surface area contributed by atoms with E-state index in [1.807, 2.05) is 30.5 Å². The van der Waals surface area contributed by atoms with Gasteiger partial charge in [0.25, 0.3) is 11.8 Å². The SMILES string of the molecule is O=C(NCC(F)(F)F)c1ccc(-n2cc(C(=O)NCCc3c[nH]c4ccccc34)nn2)c(OCCOCCF)c1. The number of halogens is 4. The van der Waals surface area contributed by atoms with E-state index in [9.17, 15) is 27.2 Å². The molecule has 2 aromatic heterocycles. The van der Waals surface area contributed by atoms with Gasteiger partial charge in [-0.1, -0.05) is 23.4 Å². The van der Waals surface area contributed by atoms with Crippen molar-refractivity contribution in [2.45, 2.75) is 12.6 Å². The Kier molecular flexibility index (Phi) is 9.32. The summed E-state index contributed by atoms with van der Waals surface area (Å²) in [5.74, 6) is -1.35. The molecule has 0 aliphatic carbocycles. The van der Waals surface area contributed by atoms with Gasteiger partial charge in [0.1, 0.15) is 31.3 Å². The number of fused-ring (bicyclic) bond motifs is 1. The Morgan fingerprint density at radius 3 is 2.65 bits per heavy atom. The molecular formula is C26H26F4N6O4. The molecule has 10 nitrogen and oxygen atoms in total. The summed E-state index contributed by atoms with van der Waals surface area (Å²) >= 11 is 0. The lowest BCUT2D eigenvalue weighted by atomic mass is 10.1. The summed E-state index contributed by atoms with van der Waals surface area (Å²) in [7, 11) is 0. The highest BCUT2D eigenvalue weighted by molar-refractivity contribution is 5.95. The monoisotopic (exact) mass is 562 g/mol. The molecule has 0 saturated heterocycles. The number of aromatic nitrogens is 4. The molecule has 2 amide bonds. The van der Waals surface area contributed by atoms with E-state index in [0.717, 1.165) is 16.5 Å². The first-order valence-electron chi connectivity index (χ1n) is 12.3. The number of H-pyrrole nitrogens is 1. The van der Waals surface area contributed by atoms with Crippen molar-refractivity contribution < 1.29 is 36.6 Å². The lowest BCUT2D eigenvalue weighted by Crippen LogP contribution is -2.33. The maximum absolute atomic E-state index is 12.7. The maximum atomic E-state index is 12.7. The molecule has 40 heavy (non-hydrogen) atoms. The van der Waals surface area contributed by atoms with Crippen LogP contribution in [0, 0.1) is 0 Å². The second-order valence-corrected chi connectivity index (χ2v) is 8.54. The molecule has 0 fully saturated rings. The molecular weight excluding hydrogens is 536 g/mol. The van der Waals surface area contributed by atoms with Crippen molar-refractivity contribution in [2.75, 3.05) is 39.6 Å². The van der Waals surface area contributed by atoms with E-state index in [0.29, 0.717) is 13.0 Å². The van der Waals surface area contributed by atoms with Gasteiger partial charge in [0.05, 0.1) is 19.4 Å². The number of hydrogen-bond donors (Lipinski definition) is 3. The van der Waals surface area contributed by atoms with E-state index in [4.69, 9.17) is 9.47 Å². The Bertz CT molecular complexity index is 1450. The predicted octanol–water partition coefficient (Wildman–Crippen LogP) is 3.38. The van der Waals surface area contributed by atoms with Gasteiger partial charge in [-0.25, -0.2) is 9.07 Å². The van der Waals surface area contributed by atoms with Gasteiger partial charge in [-0.2, -0.15) is 13.2 Å². The number of hydrogen-bond acceptors (Lipinski definition) is 6. The quantitative estimate of drug-likeness (QED) is 0.170. The van der Waals surface area contributed by atoms with Crippen LogP contribution in [0.2, 0.25) is 0 Å². The number of carbonyl (C=O) groups excluding carboxylic acids is 2. The second kappa shape index (κ2) is 13.1. The van der Waals surface area contributed by atoms with Gasteiger partial charge in [0, 0.05) is 29.2 Å². The third-order valence-electron chi connectivity index (χ3n) is 5.71. The van der Waals surface area contributed by atoms with Crippen molar-refractivity contribution in [3.63, 3.8) is 0 Å². The van der Waals surface area contributed by atoms with Gasteiger partial charge < -0.3 is 25.1 Å². The summed E-state index contributed by atoms with van der Waals surface area (Å²) in [5, 5.41) is 13.5. The highest BCUT2D eigenvalue weighted by atomic mass is 19.4. The zero-order chi connectivity index (χ0) is 28.5. The number of rotatable bonds is 13. The van der Waals surface area contributed by atoms with Crippen molar-refractivity contribution >= 4 is 22.7 Å². The molecule has 14 heteroatoms. The van der Waals surface area contributed by atoms with Crippen LogP contribution in [-0.4, -0.2) is 77.6 Å². The zero-order valence-electron chi connectivity index (χ0n) is 21.1. The summed E-state index contributed by atoms with van der Waals surface area (Å²) in [6.07, 6.45) is -0.740. The molecule has 0 unspecified atom stereocenters. The molecule has 0 spiro atoms. The van der Waals surface area contributed by atoms with Crippen molar-refractivity contribution in [3.05, 3.63) is 71.7 Å². The molecule has 0 aliphatic heterocycles. The zero-order valence-corrected chi connectivity index (χ0v) is 21.1. The molecule has 2 aromatic carbocycles. The lowest BCUT2D eigenvalue weighted by Gasteiger charge is -2.14. The van der Waals surface area contributed by atoms with Crippen molar-refractivity contribution in [1.82, 2.24) is 30.6 Å². The number of para-hydroxylation sites is 1. The van der Waals surface area contributed by atoms with Gasteiger partial charge in [0.2, 0.25) is 0 Å². The summed E-state index contributed by atoms with van der Waals surface area (Å²) in [4.78, 5) is 28.1. The van der Waals surface area contributed by atoms with Crippen LogP contribution in [-0.2, 0) is 11.2 Å². The number of ether oxygens (including phenoxy) is 2. The first-order valence-corrected chi connectivity index (χ1v) is 12.3. The average Bonchev–Trinajstić information content (AvgIpc) is 3.59. The summed E-state index contributed by atoms with van der Waals surface area (Å²) in [6.45, 7) is -1.97. The Morgan fingerprint density at radius 1 is 1.02 bits per heavy atom. The summed E-state index contributed by atoms with van der Waals surface area (Å²) in [6, 6.07) is 11.7. The van der Waals surface area contributed by atoms with Crippen LogP contribution in [0.3, 0.4) is 0 Å². The lowest BCUT2D eigenvalue weighted by molar-refractivity contribution is -0.123. The van der Waals surface area contributed by atoms with Crippen LogP contribution in [0.5, 0.6) is 5.75 Å². The standard InChI is InChI=1S/C26H26F4N6O4/c27-8-10-39-11-12-40-23-13-17(24(37)33-16-26(28,29)30)5-6-22(23)36-15-21(34-35-36)25(38)31-9-7-18-14-32-20-4-2-1-3-19(18)20/h1-6,13-15,32H,7-12,16H2,(H,31,38)(H,33,37). The van der Waals surface area contributed by atoms with E-state index in [1.165, 1.54) is 29.1 Å². The first-order chi connectivity index (χ1) is 19.2. The third kappa shape index (κ3) is 7.56. The largest absolute Gasteiger partial charge is 0.489 e. The third-order valence-corrected chi connectivity index (χ3v) is 5.71. The van der Waals surface area contributed by atoms with Crippen molar-refractivity contribution in [3.8, 4) is 11.4 Å². The van der Waals surface area contributed by atoms with Crippen LogP contribution in [0.25, 0.3) is 16.6 Å². The minimum Gasteiger partial charge on any atom is -0.489 e. The fourth-order valence-electron chi connectivity index (χ4n) is 3.84. The minimum atomic E-state index is -4.57. The Labute approximate surface area is 225 Å². The second-order valence-electron chi connectivity index (χ2n) is 8.54. The average molecular weight is 563 g/mol. The van der Waals surface area contributed by atoms with E-state index < -0.39 is 31.2 Å². The molecule has 0 bridgehead atoms. The minimum absolute atomic E-state index is 0.0168. The van der Waals surface area contributed by atoms with Crippen LogP contribution in [0.1, 0.15) is 26.4 Å². The van der Waals surface area contributed by atoms with Crippen LogP contribution < -0.4 is 15.4 Å². The Balaban J connectivity index is 1.44. The summed E-state index contributed by atoms with van der Waals surface area (Å²) in [5.41, 5.74) is 2.24. The molecule has 4 rings (SSSR count). The van der Waals surface area contributed by atoms with Gasteiger partial charge >= 0.3 is 6.18 Å². The van der Waals surface area contributed by atoms with Gasteiger partial charge in [-0.05, 0) is 36.2 Å². The normalized spacial score (nSPS) is 11.5. The number of nitrogens with zero attached hydrogens (tertiary/aromatic N) is 3. The highest BCUT2D eigenvalue weighted by Gasteiger charge is 2.28.